The van der Waals surface area contributed by atoms with Gasteiger partial charge in [0.15, 0.2) is 0 Å². The van der Waals surface area contributed by atoms with Gasteiger partial charge in [0.25, 0.3) is 0 Å². The number of aryl methyl sites for hydroxylation is 2. The summed E-state index contributed by atoms with van der Waals surface area (Å²) < 4.78 is 2.26. The largest absolute Gasteiger partial charge is 0.319 e. The van der Waals surface area contributed by atoms with Crippen LogP contribution in [0.1, 0.15) is 35.4 Å². The fraction of sp³-hybridized carbons (Fsp3) is 0.200. The molecule has 1 aromatic heterocycles. The normalized spacial score (nSPS) is 12.4. The molecule has 112 valence electrons. The number of rotatable bonds is 3. The molecule has 1 nitrogen and oxygen atoms in total. The first-order valence-corrected chi connectivity index (χ1v) is 7.95. The molecule has 3 rings (SSSR count). The minimum atomic E-state index is 0.268. The van der Waals surface area contributed by atoms with Gasteiger partial charge in [0.1, 0.15) is 0 Å². The molecule has 1 atom stereocenters. The Balaban J connectivity index is 2.08. The maximum absolute atomic E-state index is 6.47. The third kappa shape index (κ3) is 2.69. The van der Waals surface area contributed by atoms with Gasteiger partial charge in [-0.2, -0.15) is 0 Å². The molecule has 0 spiro atoms. The van der Waals surface area contributed by atoms with E-state index < -0.39 is 0 Å². The molecule has 3 aromatic rings. The van der Waals surface area contributed by atoms with E-state index in [2.05, 4.69) is 73.9 Å². The van der Waals surface area contributed by atoms with Crippen LogP contribution < -0.4 is 0 Å². The molecule has 0 unspecified atom stereocenters. The third-order valence-corrected chi connectivity index (χ3v) is 4.62. The molecule has 1 heterocycles. The van der Waals surface area contributed by atoms with Gasteiger partial charge in [-0.1, -0.05) is 48.9 Å². The van der Waals surface area contributed by atoms with Crippen LogP contribution >= 0.6 is 11.6 Å². The van der Waals surface area contributed by atoms with Crippen molar-refractivity contribution in [3.63, 3.8) is 0 Å². The Labute approximate surface area is 137 Å². The molecule has 0 N–H and O–H groups in total. The van der Waals surface area contributed by atoms with E-state index in [0.29, 0.717) is 0 Å². The van der Waals surface area contributed by atoms with E-state index >= 15 is 0 Å². The fourth-order valence-electron chi connectivity index (χ4n) is 3.00. The third-order valence-electron chi connectivity index (χ3n) is 4.28. The maximum atomic E-state index is 6.47. The first kappa shape index (κ1) is 14.9. The van der Waals surface area contributed by atoms with E-state index in [0.717, 1.165) is 10.6 Å². The lowest BCUT2D eigenvalue weighted by molar-refractivity contribution is 0.907. The Hall–Kier alpha value is -1.99. The van der Waals surface area contributed by atoms with Crippen LogP contribution in [0.5, 0.6) is 0 Å². The number of nitrogens with zero attached hydrogens (tertiary/aromatic N) is 1. The highest BCUT2D eigenvalue weighted by Crippen LogP contribution is 2.32. The van der Waals surface area contributed by atoms with Crippen molar-refractivity contribution in [1.29, 1.82) is 0 Å². The zero-order chi connectivity index (χ0) is 15.7. The van der Waals surface area contributed by atoms with Crippen LogP contribution in [0, 0.1) is 13.8 Å². The molecule has 2 aromatic carbocycles. The van der Waals surface area contributed by atoms with Crippen LogP contribution in [-0.2, 0) is 0 Å². The summed E-state index contributed by atoms with van der Waals surface area (Å²) in [6.07, 6.45) is 0. The lowest BCUT2D eigenvalue weighted by Gasteiger charge is -2.17. The van der Waals surface area contributed by atoms with Crippen LogP contribution in [0.3, 0.4) is 0 Å². The molecule has 0 aliphatic rings. The molecule has 0 saturated heterocycles. The van der Waals surface area contributed by atoms with Gasteiger partial charge in [-0.05, 0) is 55.3 Å². The topological polar surface area (TPSA) is 4.93 Å². The Morgan fingerprint density at radius 1 is 0.864 bits per heavy atom. The van der Waals surface area contributed by atoms with Crippen molar-refractivity contribution in [3.8, 4) is 5.69 Å². The zero-order valence-corrected chi connectivity index (χ0v) is 13.9. The van der Waals surface area contributed by atoms with E-state index in [1.54, 1.807) is 0 Å². The smallest absolute Gasteiger partial charge is 0.0458 e. The van der Waals surface area contributed by atoms with Crippen molar-refractivity contribution in [1.82, 2.24) is 4.57 Å². The number of benzene rings is 2. The van der Waals surface area contributed by atoms with Crippen LogP contribution in [0.15, 0.2) is 60.7 Å². The van der Waals surface area contributed by atoms with E-state index in [9.17, 15) is 0 Å². The van der Waals surface area contributed by atoms with Crippen molar-refractivity contribution in [2.45, 2.75) is 26.7 Å². The Bertz CT molecular complexity index is 767. The summed E-state index contributed by atoms with van der Waals surface area (Å²) in [4.78, 5) is 0. The fourth-order valence-corrected chi connectivity index (χ4v) is 3.28. The lowest BCUT2D eigenvalue weighted by atomic mass is 9.93. The number of aromatic nitrogens is 1. The average Bonchev–Trinajstić information content (AvgIpc) is 2.87. The molecule has 0 fully saturated rings. The first-order valence-electron chi connectivity index (χ1n) is 7.57. The number of hydrogen-bond acceptors (Lipinski definition) is 0. The van der Waals surface area contributed by atoms with Gasteiger partial charge < -0.3 is 4.57 Å². The molecular weight excluding hydrogens is 290 g/mol. The highest BCUT2D eigenvalue weighted by molar-refractivity contribution is 6.31. The van der Waals surface area contributed by atoms with Crippen LogP contribution in [0.2, 0.25) is 5.02 Å². The summed E-state index contributed by atoms with van der Waals surface area (Å²) in [5.41, 5.74) is 6.08. The predicted octanol–water partition coefficient (Wildman–Crippen LogP) is 5.90. The highest BCUT2D eigenvalue weighted by Gasteiger charge is 2.14. The molecule has 0 aliphatic heterocycles. The molecular formula is C20H20ClN. The molecule has 0 amide bonds. The first-order chi connectivity index (χ1) is 10.6. The van der Waals surface area contributed by atoms with E-state index in [1.165, 1.54) is 22.6 Å². The van der Waals surface area contributed by atoms with Gasteiger partial charge in [-0.15, -0.1) is 0 Å². The maximum Gasteiger partial charge on any atom is 0.0458 e. The molecule has 0 aliphatic carbocycles. The zero-order valence-electron chi connectivity index (χ0n) is 13.2. The molecule has 0 saturated carbocycles. The molecule has 22 heavy (non-hydrogen) atoms. The molecule has 2 heteroatoms. The van der Waals surface area contributed by atoms with Crippen molar-refractivity contribution < 1.29 is 0 Å². The summed E-state index contributed by atoms with van der Waals surface area (Å²) in [5.74, 6) is 0.268. The molecule has 0 radical (unpaired) electrons. The quantitative estimate of drug-likeness (QED) is 0.567. The van der Waals surface area contributed by atoms with Gasteiger partial charge in [0, 0.05) is 28.0 Å². The van der Waals surface area contributed by atoms with E-state index in [4.69, 9.17) is 11.6 Å². The van der Waals surface area contributed by atoms with Crippen molar-refractivity contribution in [2.24, 2.45) is 0 Å². The van der Waals surface area contributed by atoms with Gasteiger partial charge in [-0.3, -0.25) is 0 Å². The second-order valence-electron chi connectivity index (χ2n) is 5.79. The highest BCUT2D eigenvalue weighted by atomic mass is 35.5. The van der Waals surface area contributed by atoms with Gasteiger partial charge in [0.05, 0.1) is 0 Å². The van der Waals surface area contributed by atoms with Crippen molar-refractivity contribution in [2.75, 3.05) is 0 Å². The second kappa shape index (κ2) is 6.02. The minimum absolute atomic E-state index is 0.268. The number of halogens is 1. The van der Waals surface area contributed by atoms with Gasteiger partial charge in [0.2, 0.25) is 0 Å². The van der Waals surface area contributed by atoms with E-state index in [-0.39, 0.29) is 5.92 Å². The Morgan fingerprint density at radius 3 is 2.14 bits per heavy atom. The Morgan fingerprint density at radius 2 is 1.50 bits per heavy atom. The van der Waals surface area contributed by atoms with E-state index in [1.807, 2.05) is 12.1 Å². The van der Waals surface area contributed by atoms with Gasteiger partial charge in [-0.25, -0.2) is 0 Å². The summed E-state index contributed by atoms with van der Waals surface area (Å²) in [5, 5.41) is 0.822. The summed E-state index contributed by atoms with van der Waals surface area (Å²) in [6.45, 7) is 6.46. The van der Waals surface area contributed by atoms with Crippen LogP contribution in [0.4, 0.5) is 0 Å². The predicted molar refractivity (Wildman–Crippen MR) is 94.2 cm³/mol. The number of hydrogen-bond donors (Lipinski definition) is 0. The minimum Gasteiger partial charge on any atom is -0.319 e. The summed E-state index contributed by atoms with van der Waals surface area (Å²) >= 11 is 6.47. The Kier molecular flexibility index (Phi) is 4.08. The van der Waals surface area contributed by atoms with Crippen molar-refractivity contribution in [3.05, 3.63) is 88.2 Å². The summed E-state index contributed by atoms with van der Waals surface area (Å²) in [7, 11) is 0. The summed E-state index contributed by atoms with van der Waals surface area (Å²) in [6, 6.07) is 21.1. The average molecular weight is 310 g/mol. The van der Waals surface area contributed by atoms with Crippen LogP contribution in [0.25, 0.3) is 5.69 Å². The SMILES string of the molecule is Cc1ccc(C)n1-c1ccc(Cl)c([C@@H](C)c2ccccc2)c1. The monoisotopic (exact) mass is 309 g/mol. The second-order valence-corrected chi connectivity index (χ2v) is 6.20. The lowest BCUT2D eigenvalue weighted by Crippen LogP contribution is -2.02. The van der Waals surface area contributed by atoms with Gasteiger partial charge >= 0.3 is 0 Å². The van der Waals surface area contributed by atoms with Crippen LogP contribution in [-0.4, -0.2) is 4.57 Å². The standard InChI is InChI=1S/C20H20ClN/c1-14-9-10-15(2)22(14)18-11-12-20(21)19(13-18)16(3)17-7-5-4-6-8-17/h4-13,16H,1-3H3/t16-/m0/s1. The molecule has 0 bridgehead atoms. The van der Waals surface area contributed by atoms with Crippen molar-refractivity contribution >= 4 is 11.6 Å².